The van der Waals surface area contributed by atoms with Gasteiger partial charge in [-0.05, 0) is 30.3 Å². The van der Waals surface area contributed by atoms with Crippen molar-refractivity contribution in [3.63, 3.8) is 0 Å². The summed E-state index contributed by atoms with van der Waals surface area (Å²) in [7, 11) is 0. The van der Waals surface area contributed by atoms with E-state index in [1.165, 1.54) is 6.20 Å². The summed E-state index contributed by atoms with van der Waals surface area (Å²) >= 11 is 11.8. The topological polar surface area (TPSA) is 72.0 Å². The van der Waals surface area contributed by atoms with Crippen LogP contribution in [-0.4, -0.2) is 10.8 Å². The van der Waals surface area contributed by atoms with Gasteiger partial charge in [-0.25, -0.2) is 4.98 Å². The Morgan fingerprint density at radius 2 is 1.83 bits per heavy atom. The fourth-order valence-electron chi connectivity index (χ4n) is 1.32. The molecule has 4 nitrogen and oxygen atoms in total. The highest BCUT2D eigenvalue weighted by Gasteiger charge is 2.11. The highest BCUT2D eigenvalue weighted by atomic mass is 35.5. The number of aromatic nitrogens is 1. The largest absolute Gasteiger partial charge is 0.438 e. The summed E-state index contributed by atoms with van der Waals surface area (Å²) < 4.78 is 5.50. The van der Waals surface area contributed by atoms with Crippen LogP contribution in [0.5, 0.6) is 11.6 Å². The van der Waals surface area contributed by atoms with Crippen molar-refractivity contribution in [1.82, 2.24) is 4.98 Å². The summed E-state index contributed by atoms with van der Waals surface area (Å²) in [6, 6.07) is 8.33. The number of pyridine rings is 1. The maximum Gasteiger partial charge on any atom is 0.238 e. The number of benzene rings is 1. The predicted octanol–water partition coefficient (Wildman–Crippen LogP) is 3.46. The lowest BCUT2D eigenvalue weighted by atomic mass is 10.2. The van der Waals surface area contributed by atoms with Crippen molar-refractivity contribution < 1.29 is 4.74 Å². The molecule has 0 saturated heterocycles. The molecule has 0 aliphatic rings. The van der Waals surface area contributed by atoms with Gasteiger partial charge in [0.15, 0.2) is 0 Å². The molecule has 2 aromatic rings. The summed E-state index contributed by atoms with van der Waals surface area (Å²) in [4.78, 5) is 4.00. The second kappa shape index (κ2) is 5.25. The van der Waals surface area contributed by atoms with Crippen molar-refractivity contribution in [2.24, 2.45) is 5.73 Å². The third kappa shape index (κ3) is 2.72. The minimum absolute atomic E-state index is 0.136. The molecule has 0 aliphatic carbocycles. The predicted molar refractivity (Wildman–Crippen MR) is 71.8 cm³/mol. The van der Waals surface area contributed by atoms with Gasteiger partial charge >= 0.3 is 0 Å². The van der Waals surface area contributed by atoms with Crippen LogP contribution in [0.2, 0.25) is 10.0 Å². The van der Waals surface area contributed by atoms with Crippen LogP contribution in [0.25, 0.3) is 0 Å². The molecule has 1 aromatic heterocycles. The van der Waals surface area contributed by atoms with Gasteiger partial charge in [-0.15, -0.1) is 0 Å². The smallest absolute Gasteiger partial charge is 0.238 e. The first-order valence-electron chi connectivity index (χ1n) is 5.00. The number of nitrogens with zero attached hydrogens (tertiary/aromatic N) is 1. The molecule has 0 spiro atoms. The zero-order valence-electron chi connectivity index (χ0n) is 9.15. The number of nitrogens with one attached hydrogen (secondary N) is 1. The monoisotopic (exact) mass is 281 g/mol. The Labute approximate surface area is 114 Å². The Morgan fingerprint density at radius 1 is 1.17 bits per heavy atom. The Morgan fingerprint density at radius 3 is 2.44 bits per heavy atom. The normalized spacial score (nSPS) is 10.1. The van der Waals surface area contributed by atoms with Gasteiger partial charge in [0.25, 0.3) is 0 Å². The van der Waals surface area contributed by atoms with E-state index in [1.807, 2.05) is 0 Å². The molecule has 0 atom stereocenters. The van der Waals surface area contributed by atoms with Crippen LogP contribution in [0.15, 0.2) is 36.5 Å². The molecule has 3 N–H and O–H groups in total. The standard InChI is InChI=1S/C12H9Cl2N3O/c13-7-1-3-8(4-2-7)18-12-10(14)9(11(15)16)5-6-17-12/h1-6H,(H3,15,16). The van der Waals surface area contributed by atoms with E-state index in [1.54, 1.807) is 30.3 Å². The van der Waals surface area contributed by atoms with Gasteiger partial charge in [-0.3, -0.25) is 5.41 Å². The lowest BCUT2D eigenvalue weighted by Gasteiger charge is -2.08. The molecule has 1 aromatic carbocycles. The minimum atomic E-state index is -0.136. The molecule has 0 unspecified atom stereocenters. The van der Waals surface area contributed by atoms with E-state index in [9.17, 15) is 0 Å². The van der Waals surface area contributed by atoms with E-state index in [0.717, 1.165) is 0 Å². The molecule has 0 saturated carbocycles. The van der Waals surface area contributed by atoms with Gasteiger partial charge in [0, 0.05) is 16.8 Å². The molecule has 0 fully saturated rings. The van der Waals surface area contributed by atoms with Gasteiger partial charge in [0.05, 0.1) is 0 Å². The Balaban J connectivity index is 2.32. The van der Waals surface area contributed by atoms with Gasteiger partial charge in [-0.2, -0.15) is 0 Å². The summed E-state index contributed by atoms with van der Waals surface area (Å²) in [5, 5.41) is 8.19. The number of halogens is 2. The third-order valence-corrected chi connectivity index (χ3v) is 2.79. The van der Waals surface area contributed by atoms with Crippen LogP contribution < -0.4 is 10.5 Å². The van der Waals surface area contributed by atoms with Crippen LogP contribution >= 0.6 is 23.2 Å². The first-order chi connectivity index (χ1) is 8.58. The molecule has 0 aliphatic heterocycles. The summed E-state index contributed by atoms with van der Waals surface area (Å²) in [5.41, 5.74) is 5.78. The lowest BCUT2D eigenvalue weighted by molar-refractivity contribution is 0.463. The van der Waals surface area contributed by atoms with Crippen LogP contribution in [0.1, 0.15) is 5.56 Å². The Bertz CT molecular complexity index is 584. The Hall–Kier alpha value is -1.78. The van der Waals surface area contributed by atoms with E-state index >= 15 is 0 Å². The quantitative estimate of drug-likeness (QED) is 0.668. The van der Waals surface area contributed by atoms with Crippen LogP contribution in [-0.2, 0) is 0 Å². The minimum Gasteiger partial charge on any atom is -0.438 e. The number of hydrogen-bond donors (Lipinski definition) is 2. The molecule has 1 heterocycles. The van der Waals surface area contributed by atoms with Crippen molar-refractivity contribution in [3.8, 4) is 11.6 Å². The number of amidine groups is 1. The number of ether oxygens (including phenoxy) is 1. The van der Waals surface area contributed by atoms with Gasteiger partial charge < -0.3 is 10.5 Å². The molecule has 0 radical (unpaired) electrons. The van der Waals surface area contributed by atoms with Crippen LogP contribution in [0.3, 0.4) is 0 Å². The van der Waals surface area contributed by atoms with E-state index in [0.29, 0.717) is 16.3 Å². The van der Waals surface area contributed by atoms with Crippen molar-refractivity contribution in [3.05, 3.63) is 52.1 Å². The average molecular weight is 282 g/mol. The summed E-state index contributed by atoms with van der Waals surface area (Å²) in [6.07, 6.45) is 1.48. The van der Waals surface area contributed by atoms with Gasteiger partial charge in [0.2, 0.25) is 5.88 Å². The van der Waals surface area contributed by atoms with Gasteiger partial charge in [-0.1, -0.05) is 23.2 Å². The second-order valence-electron chi connectivity index (χ2n) is 3.45. The van der Waals surface area contributed by atoms with E-state index in [4.69, 9.17) is 39.1 Å². The molecular weight excluding hydrogens is 273 g/mol. The zero-order chi connectivity index (χ0) is 13.1. The molecule has 0 bridgehead atoms. The number of nitrogen functional groups attached to an aromatic ring is 1. The van der Waals surface area contributed by atoms with E-state index in [-0.39, 0.29) is 16.7 Å². The fourth-order valence-corrected chi connectivity index (χ4v) is 1.70. The number of nitrogens with two attached hydrogens (primary N) is 1. The van der Waals surface area contributed by atoms with E-state index < -0.39 is 0 Å². The van der Waals surface area contributed by atoms with Crippen LogP contribution in [0, 0.1) is 5.41 Å². The van der Waals surface area contributed by atoms with E-state index in [2.05, 4.69) is 4.98 Å². The first-order valence-corrected chi connectivity index (χ1v) is 5.76. The summed E-state index contributed by atoms with van der Waals surface area (Å²) in [6.45, 7) is 0. The third-order valence-electron chi connectivity index (χ3n) is 2.18. The average Bonchev–Trinajstić information content (AvgIpc) is 2.34. The Kier molecular flexibility index (Phi) is 3.69. The summed E-state index contributed by atoms with van der Waals surface area (Å²) in [5.74, 6) is 0.615. The first kappa shape index (κ1) is 12.7. The van der Waals surface area contributed by atoms with Crippen molar-refractivity contribution >= 4 is 29.0 Å². The van der Waals surface area contributed by atoms with Crippen molar-refractivity contribution in [2.75, 3.05) is 0 Å². The zero-order valence-corrected chi connectivity index (χ0v) is 10.7. The molecule has 18 heavy (non-hydrogen) atoms. The SMILES string of the molecule is N=C(N)c1ccnc(Oc2ccc(Cl)cc2)c1Cl. The highest BCUT2D eigenvalue weighted by Crippen LogP contribution is 2.30. The number of rotatable bonds is 3. The molecule has 92 valence electrons. The highest BCUT2D eigenvalue weighted by molar-refractivity contribution is 6.35. The van der Waals surface area contributed by atoms with Crippen molar-refractivity contribution in [2.45, 2.75) is 0 Å². The number of hydrogen-bond acceptors (Lipinski definition) is 3. The molecule has 0 amide bonds. The van der Waals surface area contributed by atoms with Crippen molar-refractivity contribution in [1.29, 1.82) is 5.41 Å². The maximum atomic E-state index is 7.37. The van der Waals surface area contributed by atoms with Crippen LogP contribution in [0.4, 0.5) is 0 Å². The maximum absolute atomic E-state index is 7.37. The molecule has 6 heteroatoms. The molecule has 2 rings (SSSR count). The fraction of sp³-hybridized carbons (Fsp3) is 0. The lowest BCUT2D eigenvalue weighted by Crippen LogP contribution is -2.12. The second-order valence-corrected chi connectivity index (χ2v) is 4.26. The van der Waals surface area contributed by atoms with Gasteiger partial charge in [0.1, 0.15) is 16.6 Å². The molecular formula is C12H9Cl2N3O.